The van der Waals surface area contributed by atoms with Crippen molar-refractivity contribution in [1.82, 2.24) is 15.1 Å². The fourth-order valence-corrected chi connectivity index (χ4v) is 2.68. The maximum absolute atomic E-state index is 12.2. The maximum Gasteiger partial charge on any atom is 0.410 e. The van der Waals surface area contributed by atoms with Crippen LogP contribution in [0.2, 0.25) is 0 Å². The van der Waals surface area contributed by atoms with Crippen molar-refractivity contribution in [3.05, 3.63) is 0 Å². The van der Waals surface area contributed by atoms with E-state index in [4.69, 9.17) is 0 Å². The van der Waals surface area contributed by atoms with Crippen LogP contribution in [0.1, 0.15) is 12.8 Å². The monoisotopic (exact) mass is 255 g/mol. The number of nitrogens with zero attached hydrogens (tertiary/aromatic N) is 2. The molecule has 0 aromatic rings. The van der Waals surface area contributed by atoms with Crippen LogP contribution in [0.5, 0.6) is 0 Å². The third-order valence-electron chi connectivity index (χ3n) is 3.63. The van der Waals surface area contributed by atoms with Crippen LogP contribution in [0.3, 0.4) is 0 Å². The second kappa shape index (κ2) is 4.47. The number of amides is 3. The molecule has 0 saturated carbocycles. The average molecular weight is 255 g/mol. The Hall–Kier alpha value is -1.79. The number of methoxy groups -OCH3 is 1. The predicted molar refractivity (Wildman–Crippen MR) is 61.7 cm³/mol. The Morgan fingerprint density at radius 3 is 2.78 bits per heavy atom. The van der Waals surface area contributed by atoms with E-state index >= 15 is 0 Å². The summed E-state index contributed by atoms with van der Waals surface area (Å²) in [5.41, 5.74) is -0.763. The van der Waals surface area contributed by atoms with Crippen molar-refractivity contribution < 1.29 is 19.1 Å². The van der Waals surface area contributed by atoms with Gasteiger partial charge in [0.2, 0.25) is 5.91 Å². The van der Waals surface area contributed by atoms with E-state index in [-0.39, 0.29) is 18.4 Å². The van der Waals surface area contributed by atoms with Gasteiger partial charge in [0.25, 0.3) is 5.91 Å². The zero-order valence-corrected chi connectivity index (χ0v) is 10.6. The Labute approximate surface area is 105 Å². The Morgan fingerprint density at radius 1 is 1.50 bits per heavy atom. The first-order valence-electron chi connectivity index (χ1n) is 5.90. The zero-order valence-electron chi connectivity index (χ0n) is 10.6. The summed E-state index contributed by atoms with van der Waals surface area (Å²) in [7, 11) is 2.83. The van der Waals surface area contributed by atoms with Gasteiger partial charge in [-0.1, -0.05) is 0 Å². The first-order chi connectivity index (χ1) is 8.55. The van der Waals surface area contributed by atoms with E-state index in [9.17, 15) is 14.4 Å². The molecular weight excluding hydrogens is 238 g/mol. The van der Waals surface area contributed by atoms with Crippen molar-refractivity contribution in [2.24, 2.45) is 0 Å². The van der Waals surface area contributed by atoms with Gasteiger partial charge in [0.1, 0.15) is 5.54 Å². The van der Waals surface area contributed by atoms with E-state index in [1.165, 1.54) is 24.0 Å². The summed E-state index contributed by atoms with van der Waals surface area (Å²) in [4.78, 5) is 37.9. The lowest BCUT2D eigenvalue weighted by molar-refractivity contribution is -0.161. The molecule has 2 heterocycles. The van der Waals surface area contributed by atoms with Crippen molar-refractivity contribution in [3.8, 4) is 0 Å². The van der Waals surface area contributed by atoms with Crippen molar-refractivity contribution >= 4 is 17.9 Å². The van der Waals surface area contributed by atoms with Gasteiger partial charge >= 0.3 is 6.09 Å². The van der Waals surface area contributed by atoms with Gasteiger partial charge in [-0.3, -0.25) is 14.5 Å². The summed E-state index contributed by atoms with van der Waals surface area (Å²) in [6.07, 6.45) is 0.959. The van der Waals surface area contributed by atoms with E-state index in [0.717, 1.165) is 6.42 Å². The highest BCUT2D eigenvalue weighted by molar-refractivity contribution is 5.98. The fourth-order valence-electron chi connectivity index (χ4n) is 2.68. The van der Waals surface area contributed by atoms with E-state index in [0.29, 0.717) is 19.5 Å². The number of hydrogen-bond donors (Lipinski definition) is 1. The molecule has 2 saturated heterocycles. The normalized spacial score (nSPS) is 26.2. The number of carbonyl (C=O) groups is 3. The van der Waals surface area contributed by atoms with Crippen LogP contribution in [0.15, 0.2) is 0 Å². The Morgan fingerprint density at radius 2 is 2.22 bits per heavy atom. The summed E-state index contributed by atoms with van der Waals surface area (Å²) in [6, 6.07) is 0. The van der Waals surface area contributed by atoms with Crippen LogP contribution in [0.25, 0.3) is 0 Å². The number of nitrogens with one attached hydrogen (secondary N) is 1. The number of rotatable bonds is 2. The Balaban J connectivity index is 2.05. The zero-order chi connectivity index (χ0) is 13.3. The minimum absolute atomic E-state index is 0.0477. The molecule has 1 spiro atoms. The number of likely N-dealkylation sites (N-methyl/N-ethyl adjacent to an activating group) is 1. The smallest absolute Gasteiger partial charge is 0.410 e. The van der Waals surface area contributed by atoms with Crippen LogP contribution in [-0.2, 0) is 14.3 Å². The Kier molecular flexibility index (Phi) is 3.14. The maximum atomic E-state index is 12.2. The number of likely N-dealkylation sites (tertiary alicyclic amines) is 2. The molecule has 2 aliphatic heterocycles. The lowest BCUT2D eigenvalue weighted by atomic mass is 9.86. The third kappa shape index (κ3) is 1.70. The molecule has 0 radical (unpaired) electrons. The summed E-state index contributed by atoms with van der Waals surface area (Å²) in [5, 5.41) is 2.47. The van der Waals surface area contributed by atoms with Crippen LogP contribution >= 0.6 is 0 Å². The molecule has 0 aromatic heterocycles. The van der Waals surface area contributed by atoms with Gasteiger partial charge in [-0.2, -0.15) is 0 Å². The van der Waals surface area contributed by atoms with Crippen molar-refractivity contribution in [1.29, 1.82) is 0 Å². The van der Waals surface area contributed by atoms with Gasteiger partial charge in [0.05, 0.1) is 20.2 Å². The molecule has 7 heteroatoms. The highest BCUT2D eigenvalue weighted by Crippen LogP contribution is 2.38. The van der Waals surface area contributed by atoms with E-state index in [1.807, 2.05) is 0 Å². The molecule has 18 heavy (non-hydrogen) atoms. The highest BCUT2D eigenvalue weighted by Gasteiger charge is 2.60. The van der Waals surface area contributed by atoms with Crippen molar-refractivity contribution in [3.63, 3.8) is 0 Å². The second-order valence-electron chi connectivity index (χ2n) is 4.59. The van der Waals surface area contributed by atoms with Crippen LogP contribution in [-0.4, -0.2) is 67.0 Å². The van der Waals surface area contributed by atoms with Gasteiger partial charge in [-0.15, -0.1) is 0 Å². The minimum atomic E-state index is -0.763. The largest absolute Gasteiger partial charge is 0.453 e. The van der Waals surface area contributed by atoms with Gasteiger partial charge < -0.3 is 15.0 Å². The fraction of sp³-hybridized carbons (Fsp3) is 0.727. The van der Waals surface area contributed by atoms with Gasteiger partial charge in [0, 0.05) is 13.6 Å². The topological polar surface area (TPSA) is 79.0 Å². The minimum Gasteiger partial charge on any atom is -0.453 e. The molecule has 2 fully saturated rings. The molecule has 0 aliphatic carbocycles. The summed E-state index contributed by atoms with van der Waals surface area (Å²) < 4.78 is 4.69. The molecular formula is C11H17N3O4. The first kappa shape index (κ1) is 12.7. The molecule has 2 aliphatic rings. The van der Waals surface area contributed by atoms with E-state index < -0.39 is 11.6 Å². The second-order valence-corrected chi connectivity index (χ2v) is 4.59. The standard InChI is InChI=1S/C11H17N3O4/c1-12-8(15)6-13-7-11(9(13)16)4-3-5-14(11)10(17)18-2/h3-7H2,1-2H3,(H,12,15)/t11-/m1/s1. The molecule has 0 aromatic carbocycles. The summed E-state index contributed by atoms with van der Waals surface area (Å²) >= 11 is 0. The van der Waals surface area contributed by atoms with Crippen LogP contribution in [0.4, 0.5) is 4.79 Å². The van der Waals surface area contributed by atoms with E-state index in [2.05, 4.69) is 10.1 Å². The third-order valence-corrected chi connectivity index (χ3v) is 3.63. The average Bonchev–Trinajstić information content (AvgIpc) is 2.83. The van der Waals surface area contributed by atoms with Crippen LogP contribution in [0, 0.1) is 0 Å². The molecule has 3 amide bonds. The lowest BCUT2D eigenvalue weighted by Gasteiger charge is -2.50. The summed E-state index contributed by atoms with van der Waals surface area (Å²) in [5.74, 6) is -0.366. The molecule has 7 nitrogen and oxygen atoms in total. The quantitative estimate of drug-likeness (QED) is 0.654. The van der Waals surface area contributed by atoms with E-state index in [1.54, 1.807) is 0 Å². The first-order valence-corrected chi connectivity index (χ1v) is 5.90. The molecule has 100 valence electrons. The summed E-state index contributed by atoms with van der Waals surface area (Å²) in [6.45, 7) is 0.993. The molecule has 2 rings (SSSR count). The lowest BCUT2D eigenvalue weighted by Crippen LogP contribution is -2.73. The number of β-lactam (4-membered cyclic amide) rings is 1. The van der Waals surface area contributed by atoms with Crippen molar-refractivity contribution in [2.75, 3.05) is 33.8 Å². The molecule has 0 bridgehead atoms. The number of carbonyl (C=O) groups excluding carboxylic acids is 3. The predicted octanol–water partition coefficient (Wildman–Crippen LogP) is -0.824. The van der Waals surface area contributed by atoms with Gasteiger partial charge in [0.15, 0.2) is 0 Å². The molecule has 1 atom stereocenters. The van der Waals surface area contributed by atoms with Crippen LogP contribution < -0.4 is 5.32 Å². The highest BCUT2D eigenvalue weighted by atomic mass is 16.5. The number of ether oxygens (including phenoxy) is 1. The SMILES string of the molecule is CNC(=O)CN1C[C@]2(CCCN2C(=O)OC)C1=O. The number of hydrogen-bond acceptors (Lipinski definition) is 4. The molecule has 0 unspecified atom stereocenters. The van der Waals surface area contributed by atoms with Gasteiger partial charge in [-0.25, -0.2) is 4.79 Å². The Bertz CT molecular complexity index is 398. The molecule has 1 N–H and O–H groups in total. The van der Waals surface area contributed by atoms with Crippen molar-refractivity contribution in [2.45, 2.75) is 18.4 Å². The van der Waals surface area contributed by atoms with Gasteiger partial charge in [-0.05, 0) is 12.8 Å².